The van der Waals surface area contributed by atoms with Crippen LogP contribution in [0.1, 0.15) is 55.7 Å². The molecule has 4 aromatic rings. The van der Waals surface area contributed by atoms with Crippen LogP contribution in [0.15, 0.2) is 66.7 Å². The Hall–Kier alpha value is -3.58. The van der Waals surface area contributed by atoms with Gasteiger partial charge in [0.1, 0.15) is 5.82 Å². The highest BCUT2D eigenvalue weighted by Crippen LogP contribution is 2.31. The summed E-state index contributed by atoms with van der Waals surface area (Å²) >= 11 is 0. The summed E-state index contributed by atoms with van der Waals surface area (Å²) in [7, 11) is 0. The largest absolute Gasteiger partial charge is 0.206 e. The van der Waals surface area contributed by atoms with Gasteiger partial charge in [-0.25, -0.2) is 17.6 Å². The highest BCUT2D eigenvalue weighted by atomic mass is 19.2. The first-order chi connectivity index (χ1) is 17.0. The summed E-state index contributed by atoms with van der Waals surface area (Å²) < 4.78 is 55.6. The molecule has 0 saturated carbocycles. The fraction of sp³-hybridized carbons (Fsp3) is 0.226. The van der Waals surface area contributed by atoms with Crippen molar-refractivity contribution < 1.29 is 17.6 Å². The first kappa shape index (κ1) is 24.5. The number of halogens is 4. The Kier molecular flexibility index (Phi) is 7.87. The van der Waals surface area contributed by atoms with Crippen LogP contribution in [0.2, 0.25) is 0 Å². The van der Waals surface area contributed by atoms with Gasteiger partial charge in [0.2, 0.25) is 0 Å². The maximum atomic E-state index is 14.5. The fourth-order valence-electron chi connectivity index (χ4n) is 4.13. The number of aryl methyl sites for hydroxylation is 1. The minimum absolute atomic E-state index is 0.0373. The van der Waals surface area contributed by atoms with Crippen LogP contribution in [0.3, 0.4) is 0 Å². The van der Waals surface area contributed by atoms with Gasteiger partial charge in [0.25, 0.3) is 0 Å². The lowest BCUT2D eigenvalue weighted by atomic mass is 9.99. The summed E-state index contributed by atoms with van der Waals surface area (Å²) in [6, 6.07) is 18.8. The van der Waals surface area contributed by atoms with Gasteiger partial charge in [0.15, 0.2) is 17.5 Å². The van der Waals surface area contributed by atoms with Crippen LogP contribution in [-0.4, -0.2) is 0 Å². The van der Waals surface area contributed by atoms with Crippen LogP contribution in [0.25, 0.3) is 21.9 Å². The molecule has 0 atom stereocenters. The van der Waals surface area contributed by atoms with E-state index in [2.05, 4.69) is 30.9 Å². The Labute approximate surface area is 203 Å². The fourth-order valence-corrected chi connectivity index (χ4v) is 4.13. The molecule has 0 spiro atoms. The predicted octanol–water partition coefficient (Wildman–Crippen LogP) is 8.98. The topological polar surface area (TPSA) is 0 Å². The Balaban J connectivity index is 1.46. The molecule has 0 bridgehead atoms. The maximum Gasteiger partial charge on any atom is 0.195 e. The molecule has 0 saturated heterocycles. The van der Waals surface area contributed by atoms with Crippen molar-refractivity contribution in [2.24, 2.45) is 0 Å². The van der Waals surface area contributed by atoms with Gasteiger partial charge in [0, 0.05) is 11.1 Å². The van der Waals surface area contributed by atoms with Crippen molar-refractivity contribution in [2.75, 3.05) is 0 Å². The number of hydrogen-bond acceptors (Lipinski definition) is 0. The van der Waals surface area contributed by atoms with E-state index in [0.29, 0.717) is 11.1 Å². The highest BCUT2D eigenvalue weighted by molar-refractivity contribution is 5.88. The summed E-state index contributed by atoms with van der Waals surface area (Å²) in [6.07, 6.45) is 7.41. The number of unbranched alkanes of at least 4 members (excludes halogenated alkanes) is 4. The van der Waals surface area contributed by atoms with E-state index < -0.39 is 28.7 Å². The maximum absolute atomic E-state index is 14.5. The second-order valence-corrected chi connectivity index (χ2v) is 8.73. The minimum atomic E-state index is -1.68. The molecule has 0 amide bonds. The van der Waals surface area contributed by atoms with E-state index in [1.165, 1.54) is 43.7 Å². The Morgan fingerprint density at radius 1 is 0.600 bits per heavy atom. The lowest BCUT2D eigenvalue weighted by molar-refractivity contribution is 0.451. The zero-order valence-corrected chi connectivity index (χ0v) is 19.6. The molecule has 4 rings (SSSR count). The van der Waals surface area contributed by atoms with E-state index in [1.54, 1.807) is 24.3 Å². The van der Waals surface area contributed by atoms with Crippen LogP contribution < -0.4 is 0 Å². The molecule has 0 aliphatic carbocycles. The zero-order chi connectivity index (χ0) is 24.8. The normalized spacial score (nSPS) is 10.9. The first-order valence-electron chi connectivity index (χ1n) is 11.9. The zero-order valence-electron chi connectivity index (χ0n) is 19.6. The molecule has 0 aromatic heterocycles. The molecule has 0 heterocycles. The van der Waals surface area contributed by atoms with E-state index in [1.807, 2.05) is 12.1 Å². The van der Waals surface area contributed by atoms with Gasteiger partial charge in [-0.2, -0.15) is 0 Å². The van der Waals surface area contributed by atoms with E-state index in [-0.39, 0.29) is 5.39 Å². The molecular formula is C31H26F4. The lowest BCUT2D eigenvalue weighted by Crippen LogP contribution is -1.95. The van der Waals surface area contributed by atoms with E-state index in [4.69, 9.17) is 0 Å². The van der Waals surface area contributed by atoms with E-state index >= 15 is 0 Å². The van der Waals surface area contributed by atoms with Crippen LogP contribution >= 0.6 is 0 Å². The minimum Gasteiger partial charge on any atom is -0.206 e. The van der Waals surface area contributed by atoms with Gasteiger partial charge in [-0.3, -0.25) is 0 Å². The summed E-state index contributed by atoms with van der Waals surface area (Å²) in [5.74, 6) is 0.788. The van der Waals surface area contributed by atoms with Crippen molar-refractivity contribution in [1.82, 2.24) is 0 Å². The van der Waals surface area contributed by atoms with Crippen LogP contribution in [-0.2, 0) is 6.42 Å². The molecule has 35 heavy (non-hydrogen) atoms. The van der Waals surface area contributed by atoms with Gasteiger partial charge >= 0.3 is 0 Å². The molecule has 4 aromatic carbocycles. The molecule has 0 radical (unpaired) electrons. The van der Waals surface area contributed by atoms with Crippen molar-refractivity contribution in [1.29, 1.82) is 0 Å². The molecule has 0 unspecified atom stereocenters. The third-order valence-electron chi connectivity index (χ3n) is 6.12. The van der Waals surface area contributed by atoms with Crippen LogP contribution in [0, 0.1) is 35.1 Å². The average Bonchev–Trinajstić information content (AvgIpc) is 2.86. The van der Waals surface area contributed by atoms with Gasteiger partial charge < -0.3 is 0 Å². The van der Waals surface area contributed by atoms with Crippen molar-refractivity contribution >= 4 is 10.8 Å². The smallest absolute Gasteiger partial charge is 0.195 e. The summed E-state index contributed by atoms with van der Waals surface area (Å²) in [6.45, 7) is 2.22. The highest BCUT2D eigenvalue weighted by Gasteiger charge is 2.17. The standard InChI is InChI=1S/C31H26F4/c1-2-3-4-5-6-7-21-8-10-22(11-9-21)12-13-23-14-16-24(17-15-23)25-18-26-20-28(33)30(34)31(35)29(26)27(32)19-25/h8-11,14-20H,2-7H2,1H3. The van der Waals surface area contributed by atoms with Gasteiger partial charge in [-0.15, -0.1) is 0 Å². The van der Waals surface area contributed by atoms with Gasteiger partial charge in [-0.05, 0) is 77.4 Å². The Morgan fingerprint density at radius 3 is 1.89 bits per heavy atom. The molecular weight excluding hydrogens is 448 g/mol. The number of hydrogen-bond donors (Lipinski definition) is 0. The molecule has 0 fully saturated rings. The molecule has 0 aliphatic rings. The summed E-state index contributed by atoms with van der Waals surface area (Å²) in [4.78, 5) is 0. The van der Waals surface area contributed by atoms with E-state index in [0.717, 1.165) is 29.7 Å². The van der Waals surface area contributed by atoms with Gasteiger partial charge in [0.05, 0.1) is 5.39 Å². The Bertz CT molecular complexity index is 1370. The predicted molar refractivity (Wildman–Crippen MR) is 134 cm³/mol. The summed E-state index contributed by atoms with van der Waals surface area (Å²) in [5.41, 5.74) is 4.13. The third kappa shape index (κ3) is 5.92. The quantitative estimate of drug-likeness (QED) is 0.109. The Morgan fingerprint density at radius 2 is 1.23 bits per heavy atom. The molecule has 4 heteroatoms. The van der Waals surface area contributed by atoms with Crippen molar-refractivity contribution in [3.05, 3.63) is 107 Å². The summed E-state index contributed by atoms with van der Waals surface area (Å²) in [5, 5.41) is -0.595. The SMILES string of the molecule is CCCCCCCc1ccc(C#Cc2ccc(-c3cc(F)c4c(F)c(F)c(F)cc4c3)cc2)cc1. The van der Waals surface area contributed by atoms with Gasteiger partial charge in [-0.1, -0.05) is 68.7 Å². The number of benzene rings is 4. The number of rotatable bonds is 7. The van der Waals surface area contributed by atoms with Crippen molar-refractivity contribution in [2.45, 2.75) is 45.4 Å². The van der Waals surface area contributed by atoms with Crippen LogP contribution in [0.4, 0.5) is 17.6 Å². The van der Waals surface area contributed by atoms with Crippen molar-refractivity contribution in [3.8, 4) is 23.0 Å². The molecule has 178 valence electrons. The third-order valence-corrected chi connectivity index (χ3v) is 6.12. The lowest BCUT2D eigenvalue weighted by Gasteiger charge is -2.08. The van der Waals surface area contributed by atoms with Crippen LogP contribution in [0.5, 0.6) is 0 Å². The average molecular weight is 475 g/mol. The van der Waals surface area contributed by atoms with E-state index in [9.17, 15) is 17.6 Å². The number of fused-ring (bicyclic) bond motifs is 1. The molecule has 0 N–H and O–H groups in total. The molecule has 0 aliphatic heterocycles. The second kappa shape index (κ2) is 11.2. The second-order valence-electron chi connectivity index (χ2n) is 8.73. The monoisotopic (exact) mass is 474 g/mol. The molecule has 0 nitrogen and oxygen atoms in total. The van der Waals surface area contributed by atoms with Crippen molar-refractivity contribution in [3.63, 3.8) is 0 Å². The first-order valence-corrected chi connectivity index (χ1v) is 11.9.